The maximum absolute atomic E-state index is 6.36. The summed E-state index contributed by atoms with van der Waals surface area (Å²) in [4.78, 5) is 0. The van der Waals surface area contributed by atoms with E-state index in [1.807, 2.05) is 0 Å². The van der Waals surface area contributed by atoms with E-state index in [4.69, 9.17) is 9.47 Å². The minimum absolute atomic E-state index is 0.770. The van der Waals surface area contributed by atoms with Crippen LogP contribution in [0.4, 0.5) is 0 Å². The average Bonchev–Trinajstić information content (AvgIpc) is 2.95. The Morgan fingerprint density at radius 3 is 1.63 bits per heavy atom. The minimum atomic E-state index is 0.770. The van der Waals surface area contributed by atoms with Gasteiger partial charge in [0.1, 0.15) is 11.5 Å². The van der Waals surface area contributed by atoms with Crippen molar-refractivity contribution in [3.63, 3.8) is 0 Å². The fraction of sp³-hybridized carbons (Fsp3) is 0.556. The maximum atomic E-state index is 6.36. The lowest BCUT2D eigenvalue weighted by atomic mass is 10.0. The molecular formula is C36H54O2. The van der Waals surface area contributed by atoms with Gasteiger partial charge in [-0.15, -0.1) is 0 Å². The first-order valence-corrected chi connectivity index (χ1v) is 15.6. The molecule has 0 bridgehead atoms. The number of unbranched alkanes of at least 4 members (excludes halogenated alkanes) is 10. The molecule has 0 aliphatic carbocycles. The quantitative estimate of drug-likeness (QED) is 0.121. The van der Waals surface area contributed by atoms with Crippen molar-refractivity contribution in [2.24, 2.45) is 0 Å². The first-order valence-electron chi connectivity index (χ1n) is 15.6. The largest absolute Gasteiger partial charge is 0.493 e. The molecule has 0 aromatic heterocycles. The van der Waals surface area contributed by atoms with Crippen molar-refractivity contribution in [3.05, 3.63) is 64.7 Å². The summed E-state index contributed by atoms with van der Waals surface area (Å²) >= 11 is 0. The van der Waals surface area contributed by atoms with Crippen LogP contribution in [0.3, 0.4) is 0 Å². The molecule has 0 radical (unpaired) electrons. The van der Waals surface area contributed by atoms with Gasteiger partial charge in [0.25, 0.3) is 0 Å². The van der Waals surface area contributed by atoms with Gasteiger partial charge in [-0.3, -0.25) is 0 Å². The fourth-order valence-electron chi connectivity index (χ4n) is 4.57. The zero-order valence-corrected chi connectivity index (χ0v) is 24.9. The minimum Gasteiger partial charge on any atom is -0.493 e. The molecule has 0 amide bonds. The topological polar surface area (TPSA) is 18.5 Å². The van der Waals surface area contributed by atoms with Crippen LogP contribution >= 0.6 is 0 Å². The second kappa shape index (κ2) is 20.5. The van der Waals surface area contributed by atoms with Crippen molar-refractivity contribution < 1.29 is 9.47 Å². The summed E-state index contributed by atoms with van der Waals surface area (Å²) < 4.78 is 12.7. The van der Waals surface area contributed by atoms with Crippen molar-refractivity contribution in [2.75, 3.05) is 13.2 Å². The zero-order valence-electron chi connectivity index (χ0n) is 24.9. The Morgan fingerprint density at radius 2 is 1.08 bits per heavy atom. The lowest BCUT2D eigenvalue weighted by molar-refractivity contribution is 0.293. The molecule has 0 aliphatic heterocycles. The average molecular weight is 519 g/mol. The Labute approximate surface area is 234 Å². The molecule has 210 valence electrons. The lowest BCUT2D eigenvalue weighted by Gasteiger charge is -2.16. The SMILES string of the molecule is CC/C=C/c1ccc(/C=C/c2cc(OCCCCCCCC)c(CC)cc2OCCCCCCCC)cc1. The molecule has 0 atom stereocenters. The molecule has 2 aromatic carbocycles. The summed E-state index contributed by atoms with van der Waals surface area (Å²) in [5.41, 5.74) is 4.76. The van der Waals surface area contributed by atoms with Crippen LogP contribution in [0.5, 0.6) is 11.5 Å². The Bertz CT molecular complexity index is 923. The monoisotopic (exact) mass is 518 g/mol. The molecule has 0 fully saturated rings. The maximum Gasteiger partial charge on any atom is 0.127 e. The van der Waals surface area contributed by atoms with E-state index in [0.717, 1.165) is 56.0 Å². The molecule has 0 heterocycles. The number of hydrogen-bond acceptors (Lipinski definition) is 2. The third-order valence-corrected chi connectivity index (χ3v) is 7.02. The zero-order chi connectivity index (χ0) is 27.3. The van der Waals surface area contributed by atoms with Gasteiger partial charge in [0, 0.05) is 5.56 Å². The Hall–Kier alpha value is -2.48. The number of hydrogen-bond donors (Lipinski definition) is 0. The van der Waals surface area contributed by atoms with Crippen molar-refractivity contribution >= 4 is 18.2 Å². The highest BCUT2D eigenvalue weighted by atomic mass is 16.5. The molecular weight excluding hydrogens is 464 g/mol. The summed E-state index contributed by atoms with van der Waals surface area (Å²) in [6.07, 6.45) is 26.0. The van der Waals surface area contributed by atoms with Gasteiger partial charge in [-0.25, -0.2) is 0 Å². The van der Waals surface area contributed by atoms with E-state index >= 15 is 0 Å². The number of benzene rings is 2. The van der Waals surface area contributed by atoms with E-state index in [9.17, 15) is 0 Å². The summed E-state index contributed by atoms with van der Waals surface area (Å²) in [5.74, 6) is 1.98. The number of aryl methyl sites for hydroxylation is 1. The summed E-state index contributed by atoms with van der Waals surface area (Å²) in [7, 11) is 0. The van der Waals surface area contributed by atoms with Crippen molar-refractivity contribution in [3.8, 4) is 11.5 Å². The van der Waals surface area contributed by atoms with Gasteiger partial charge in [-0.2, -0.15) is 0 Å². The van der Waals surface area contributed by atoms with Gasteiger partial charge < -0.3 is 9.47 Å². The van der Waals surface area contributed by atoms with E-state index in [1.165, 1.54) is 80.9 Å². The first kappa shape index (κ1) is 31.7. The summed E-state index contributed by atoms with van der Waals surface area (Å²) in [5, 5.41) is 0. The second-order valence-corrected chi connectivity index (χ2v) is 10.4. The predicted octanol–water partition coefficient (Wildman–Crippen LogP) is 11.3. The van der Waals surface area contributed by atoms with Crippen LogP contribution < -0.4 is 9.47 Å². The first-order chi connectivity index (χ1) is 18.7. The Morgan fingerprint density at radius 1 is 0.553 bits per heavy atom. The highest BCUT2D eigenvalue weighted by molar-refractivity contribution is 5.74. The molecule has 0 saturated carbocycles. The van der Waals surface area contributed by atoms with Crippen LogP contribution in [-0.2, 0) is 6.42 Å². The smallest absolute Gasteiger partial charge is 0.127 e. The van der Waals surface area contributed by atoms with E-state index < -0.39 is 0 Å². The molecule has 2 nitrogen and oxygen atoms in total. The summed E-state index contributed by atoms with van der Waals surface area (Å²) in [6, 6.07) is 13.1. The summed E-state index contributed by atoms with van der Waals surface area (Å²) in [6.45, 7) is 10.5. The van der Waals surface area contributed by atoms with Gasteiger partial charge in [-0.1, -0.05) is 140 Å². The number of allylic oxidation sites excluding steroid dienone is 1. The van der Waals surface area contributed by atoms with Gasteiger partial charge in [0.05, 0.1) is 13.2 Å². The molecule has 0 N–H and O–H groups in total. The van der Waals surface area contributed by atoms with Crippen LogP contribution in [0, 0.1) is 0 Å². The standard InChI is InChI=1S/C36H54O2/c1-5-9-12-14-16-18-27-37-35-30-34(26-25-32-23-21-31(22-24-32)20-11-7-3)36(29-33(35)8-4)38-28-19-17-15-13-10-6-2/h11,20-26,29-30H,5-10,12-19,27-28H2,1-4H3/b20-11+,26-25+. The highest BCUT2D eigenvalue weighted by Crippen LogP contribution is 2.32. The van der Waals surface area contributed by atoms with E-state index in [-0.39, 0.29) is 0 Å². The van der Waals surface area contributed by atoms with Crippen molar-refractivity contribution in [2.45, 2.75) is 118 Å². The van der Waals surface area contributed by atoms with Crippen LogP contribution in [0.1, 0.15) is 133 Å². The van der Waals surface area contributed by atoms with Crippen LogP contribution in [0.2, 0.25) is 0 Å². The van der Waals surface area contributed by atoms with E-state index in [1.54, 1.807) is 0 Å². The molecule has 2 aromatic rings. The fourth-order valence-corrected chi connectivity index (χ4v) is 4.57. The molecule has 0 aliphatic rings. The molecule has 0 unspecified atom stereocenters. The third-order valence-electron chi connectivity index (χ3n) is 7.02. The van der Waals surface area contributed by atoms with Gasteiger partial charge in [-0.05, 0) is 54.5 Å². The van der Waals surface area contributed by atoms with Gasteiger partial charge >= 0.3 is 0 Å². The molecule has 38 heavy (non-hydrogen) atoms. The molecule has 2 rings (SSSR count). The molecule has 0 spiro atoms. The molecule has 2 heteroatoms. The van der Waals surface area contributed by atoms with Gasteiger partial charge in [0.2, 0.25) is 0 Å². The van der Waals surface area contributed by atoms with E-state index in [2.05, 4.69) is 88.4 Å². The van der Waals surface area contributed by atoms with Crippen LogP contribution in [0.15, 0.2) is 42.5 Å². The highest BCUT2D eigenvalue weighted by Gasteiger charge is 2.10. The Kier molecular flexibility index (Phi) is 17.1. The number of ether oxygens (including phenoxy) is 2. The van der Waals surface area contributed by atoms with E-state index in [0.29, 0.717) is 0 Å². The lowest BCUT2D eigenvalue weighted by Crippen LogP contribution is -2.04. The van der Waals surface area contributed by atoms with Crippen molar-refractivity contribution in [1.82, 2.24) is 0 Å². The van der Waals surface area contributed by atoms with Gasteiger partial charge in [0.15, 0.2) is 0 Å². The molecule has 0 saturated heterocycles. The number of rotatable bonds is 21. The normalized spacial score (nSPS) is 11.6. The van der Waals surface area contributed by atoms with Crippen LogP contribution in [-0.4, -0.2) is 13.2 Å². The Balaban J connectivity index is 2.10. The second-order valence-electron chi connectivity index (χ2n) is 10.4. The van der Waals surface area contributed by atoms with Crippen molar-refractivity contribution in [1.29, 1.82) is 0 Å². The van der Waals surface area contributed by atoms with Crippen LogP contribution in [0.25, 0.3) is 18.2 Å². The third kappa shape index (κ3) is 12.9. The predicted molar refractivity (Wildman–Crippen MR) is 168 cm³/mol.